The molecule has 38 heavy (non-hydrogen) atoms. The minimum atomic E-state index is -3.64. The second-order valence-electron chi connectivity index (χ2n) is 9.42. The molecule has 0 heterocycles. The predicted molar refractivity (Wildman–Crippen MR) is 153 cm³/mol. The van der Waals surface area contributed by atoms with Crippen molar-refractivity contribution >= 4 is 50.7 Å². The summed E-state index contributed by atoms with van der Waals surface area (Å²) in [5.41, 5.74) is 1.14. The number of sulfonamides is 1. The molecule has 0 fully saturated rings. The molecular formula is C27H37Cl2N3O5S. The Hall–Kier alpha value is -2.49. The van der Waals surface area contributed by atoms with Crippen molar-refractivity contribution in [2.75, 3.05) is 30.3 Å². The Labute approximate surface area is 236 Å². The van der Waals surface area contributed by atoms with Crippen LogP contribution >= 0.6 is 23.2 Å². The average Bonchev–Trinajstić information content (AvgIpc) is 2.85. The van der Waals surface area contributed by atoms with Crippen molar-refractivity contribution in [3.63, 3.8) is 0 Å². The Kier molecular flexibility index (Phi) is 12.2. The molecule has 0 aliphatic rings. The Morgan fingerprint density at radius 2 is 1.74 bits per heavy atom. The number of amides is 2. The maximum absolute atomic E-state index is 13.4. The van der Waals surface area contributed by atoms with Crippen LogP contribution in [0.15, 0.2) is 42.5 Å². The first-order valence-electron chi connectivity index (χ1n) is 12.6. The molecule has 0 aliphatic heterocycles. The molecule has 0 aliphatic carbocycles. The first kappa shape index (κ1) is 31.7. The monoisotopic (exact) mass is 585 g/mol. The van der Waals surface area contributed by atoms with Gasteiger partial charge in [-0.05, 0) is 56.0 Å². The van der Waals surface area contributed by atoms with E-state index in [9.17, 15) is 18.0 Å². The number of carbonyl (C=O) groups excluding carboxylic acids is 2. The summed E-state index contributed by atoms with van der Waals surface area (Å²) in [5, 5.41) is 3.62. The minimum absolute atomic E-state index is 0.0337. The van der Waals surface area contributed by atoms with Crippen LogP contribution in [0.1, 0.15) is 46.1 Å². The fourth-order valence-electron chi connectivity index (χ4n) is 3.79. The van der Waals surface area contributed by atoms with Crippen molar-refractivity contribution in [2.24, 2.45) is 5.92 Å². The van der Waals surface area contributed by atoms with Gasteiger partial charge in [-0.25, -0.2) is 8.42 Å². The van der Waals surface area contributed by atoms with Gasteiger partial charge in [0, 0.05) is 26.1 Å². The second kappa shape index (κ2) is 14.6. The number of halogens is 2. The van der Waals surface area contributed by atoms with Gasteiger partial charge in [-0.2, -0.15) is 0 Å². The fourth-order valence-corrected chi connectivity index (χ4v) is 5.08. The molecule has 0 saturated carbocycles. The molecule has 0 radical (unpaired) electrons. The quantitative estimate of drug-likeness (QED) is 0.331. The van der Waals surface area contributed by atoms with Gasteiger partial charge in [0.15, 0.2) is 0 Å². The number of hydrogen-bond acceptors (Lipinski definition) is 5. The highest BCUT2D eigenvalue weighted by Gasteiger charge is 2.27. The molecule has 210 valence electrons. The lowest BCUT2D eigenvalue weighted by molar-refractivity contribution is -0.140. The van der Waals surface area contributed by atoms with Crippen molar-refractivity contribution in [1.82, 2.24) is 10.2 Å². The van der Waals surface area contributed by atoms with E-state index in [1.807, 2.05) is 20.8 Å². The standard InChI is InChI=1S/C27H37Cl2N3O5S/c1-6-37-25-11-8-7-10-24(25)32(38(5,35)36)15-9-12-26(33)31(20(4)27(34)30-17-19(2)3)18-21-13-14-22(28)23(29)16-21/h7-8,10-11,13-14,16,19-20H,6,9,12,15,17-18H2,1-5H3,(H,30,34)/t20-/m0/s1. The second-order valence-corrected chi connectivity index (χ2v) is 12.1. The van der Waals surface area contributed by atoms with Crippen LogP contribution in [0.5, 0.6) is 5.75 Å². The Morgan fingerprint density at radius 3 is 2.34 bits per heavy atom. The van der Waals surface area contributed by atoms with Gasteiger partial charge < -0.3 is 15.0 Å². The van der Waals surface area contributed by atoms with E-state index in [4.69, 9.17) is 27.9 Å². The van der Waals surface area contributed by atoms with E-state index in [2.05, 4.69) is 5.32 Å². The zero-order valence-corrected chi connectivity index (χ0v) is 24.9. The van der Waals surface area contributed by atoms with Gasteiger partial charge in [0.2, 0.25) is 21.8 Å². The van der Waals surface area contributed by atoms with Crippen LogP contribution in [-0.2, 0) is 26.2 Å². The number of para-hydroxylation sites is 2. The van der Waals surface area contributed by atoms with Crippen molar-refractivity contribution in [3.8, 4) is 5.75 Å². The number of hydrogen-bond donors (Lipinski definition) is 1. The predicted octanol–water partition coefficient (Wildman–Crippen LogP) is 5.13. The highest BCUT2D eigenvalue weighted by molar-refractivity contribution is 7.92. The molecule has 0 spiro atoms. The molecule has 0 aromatic heterocycles. The largest absolute Gasteiger partial charge is 0.492 e. The van der Waals surface area contributed by atoms with Crippen LogP contribution < -0.4 is 14.4 Å². The van der Waals surface area contributed by atoms with Gasteiger partial charge in [0.05, 0.1) is 28.6 Å². The highest BCUT2D eigenvalue weighted by atomic mass is 35.5. The third-order valence-electron chi connectivity index (χ3n) is 5.77. The van der Waals surface area contributed by atoms with Crippen LogP contribution in [-0.4, -0.2) is 57.1 Å². The lowest BCUT2D eigenvalue weighted by atomic mass is 10.1. The molecule has 1 atom stereocenters. The lowest BCUT2D eigenvalue weighted by Crippen LogP contribution is -2.48. The van der Waals surface area contributed by atoms with E-state index in [0.717, 1.165) is 11.8 Å². The number of ether oxygens (including phenoxy) is 1. The molecule has 2 amide bonds. The molecule has 1 N–H and O–H groups in total. The van der Waals surface area contributed by atoms with Crippen molar-refractivity contribution in [3.05, 3.63) is 58.1 Å². The van der Waals surface area contributed by atoms with Gasteiger partial charge in [-0.1, -0.05) is 55.2 Å². The molecule has 2 aromatic rings. The number of carbonyl (C=O) groups is 2. The van der Waals surface area contributed by atoms with Crippen LogP contribution in [0.3, 0.4) is 0 Å². The molecule has 0 unspecified atom stereocenters. The van der Waals surface area contributed by atoms with Gasteiger partial charge in [-0.3, -0.25) is 13.9 Å². The zero-order chi connectivity index (χ0) is 28.5. The molecule has 11 heteroatoms. The van der Waals surface area contributed by atoms with Crippen molar-refractivity contribution in [1.29, 1.82) is 0 Å². The number of anilines is 1. The maximum Gasteiger partial charge on any atom is 0.242 e. The molecule has 0 saturated heterocycles. The SMILES string of the molecule is CCOc1ccccc1N(CCCC(=O)N(Cc1ccc(Cl)c(Cl)c1)[C@@H](C)C(=O)NCC(C)C)S(C)(=O)=O. The van der Waals surface area contributed by atoms with Crippen LogP contribution in [0.2, 0.25) is 10.0 Å². The average molecular weight is 587 g/mol. The normalized spacial score (nSPS) is 12.2. The fraction of sp³-hybridized carbons (Fsp3) is 0.481. The molecule has 2 aromatic carbocycles. The number of nitrogens with zero attached hydrogens (tertiary/aromatic N) is 2. The summed E-state index contributed by atoms with van der Waals surface area (Å²) < 4.78 is 32.1. The first-order valence-corrected chi connectivity index (χ1v) is 15.2. The first-order chi connectivity index (χ1) is 17.8. The van der Waals surface area contributed by atoms with Crippen LogP contribution in [0.25, 0.3) is 0 Å². The van der Waals surface area contributed by atoms with Gasteiger partial charge in [0.1, 0.15) is 11.8 Å². The number of rotatable bonds is 14. The minimum Gasteiger partial charge on any atom is -0.492 e. The maximum atomic E-state index is 13.4. The highest BCUT2D eigenvalue weighted by Crippen LogP contribution is 2.30. The van der Waals surface area contributed by atoms with Crippen LogP contribution in [0.4, 0.5) is 5.69 Å². The molecule has 0 bridgehead atoms. The van der Waals surface area contributed by atoms with Crippen molar-refractivity contribution < 1.29 is 22.7 Å². The smallest absolute Gasteiger partial charge is 0.242 e. The summed E-state index contributed by atoms with van der Waals surface area (Å²) >= 11 is 12.2. The Morgan fingerprint density at radius 1 is 1.05 bits per heavy atom. The lowest BCUT2D eigenvalue weighted by Gasteiger charge is -2.30. The number of benzene rings is 2. The summed E-state index contributed by atoms with van der Waals surface area (Å²) in [4.78, 5) is 27.7. The van der Waals surface area contributed by atoms with Gasteiger partial charge in [0.25, 0.3) is 0 Å². The molecule has 2 rings (SSSR count). The van der Waals surface area contributed by atoms with E-state index in [0.29, 0.717) is 34.6 Å². The Balaban J connectivity index is 2.22. The van der Waals surface area contributed by atoms with E-state index in [1.54, 1.807) is 49.4 Å². The van der Waals surface area contributed by atoms with E-state index >= 15 is 0 Å². The summed E-state index contributed by atoms with van der Waals surface area (Å²) in [6.45, 7) is 8.56. The molecular weight excluding hydrogens is 549 g/mol. The van der Waals surface area contributed by atoms with E-state index in [-0.39, 0.29) is 43.7 Å². The summed E-state index contributed by atoms with van der Waals surface area (Å²) in [7, 11) is -3.64. The third kappa shape index (κ3) is 9.36. The Bertz CT molecular complexity index is 1210. The third-order valence-corrected chi connectivity index (χ3v) is 7.69. The number of nitrogens with one attached hydrogen (secondary N) is 1. The van der Waals surface area contributed by atoms with Gasteiger partial charge >= 0.3 is 0 Å². The topological polar surface area (TPSA) is 96.0 Å². The van der Waals surface area contributed by atoms with E-state index in [1.165, 1.54) is 9.21 Å². The van der Waals surface area contributed by atoms with E-state index < -0.39 is 16.1 Å². The zero-order valence-electron chi connectivity index (χ0n) is 22.5. The van der Waals surface area contributed by atoms with Gasteiger partial charge in [-0.15, -0.1) is 0 Å². The molecule has 8 nitrogen and oxygen atoms in total. The van der Waals surface area contributed by atoms with Crippen LogP contribution in [0, 0.1) is 5.92 Å². The summed E-state index contributed by atoms with van der Waals surface area (Å²) in [6.07, 6.45) is 1.39. The summed E-state index contributed by atoms with van der Waals surface area (Å²) in [5.74, 6) is 0.153. The summed E-state index contributed by atoms with van der Waals surface area (Å²) in [6, 6.07) is 11.2. The van der Waals surface area contributed by atoms with Crippen molar-refractivity contribution in [2.45, 2.75) is 53.1 Å².